The Morgan fingerprint density at radius 3 is 2.57 bits per heavy atom. The molecule has 1 fully saturated rings. The number of benzene rings is 1. The molecule has 1 aliphatic carbocycles. The van der Waals surface area contributed by atoms with Crippen LogP contribution in [0.5, 0.6) is 0 Å². The third-order valence-corrected chi connectivity index (χ3v) is 4.74. The molecule has 0 atom stereocenters. The number of aryl methyl sites for hydroxylation is 1. The number of hydrogen-bond acceptors (Lipinski definition) is 2. The molecule has 1 aliphatic rings. The predicted molar refractivity (Wildman–Crippen MR) is 89.6 cm³/mol. The molecular formula is C19H31NO. The number of nitrogens with one attached hydrogen (secondary N) is 1. The molecule has 1 N–H and O–H groups in total. The SMILES string of the molecule is CCNCC1(OCCCc2ccccc2)CCC(C)CC1. The quantitative estimate of drug-likeness (QED) is 0.724. The van der Waals surface area contributed by atoms with E-state index in [0.29, 0.717) is 0 Å². The van der Waals surface area contributed by atoms with Crippen LogP contribution in [0.25, 0.3) is 0 Å². The minimum atomic E-state index is 0.0964. The molecule has 1 saturated carbocycles. The summed E-state index contributed by atoms with van der Waals surface area (Å²) in [6.45, 7) is 7.47. The average Bonchev–Trinajstić information content (AvgIpc) is 2.53. The van der Waals surface area contributed by atoms with Gasteiger partial charge in [0.1, 0.15) is 0 Å². The minimum absolute atomic E-state index is 0.0964. The van der Waals surface area contributed by atoms with Gasteiger partial charge in [-0.3, -0.25) is 0 Å². The van der Waals surface area contributed by atoms with Gasteiger partial charge in [0, 0.05) is 13.2 Å². The van der Waals surface area contributed by atoms with Crippen molar-refractivity contribution in [2.45, 2.75) is 58.0 Å². The first kappa shape index (κ1) is 16.5. The van der Waals surface area contributed by atoms with Crippen LogP contribution in [0.15, 0.2) is 30.3 Å². The van der Waals surface area contributed by atoms with E-state index in [2.05, 4.69) is 49.5 Å². The zero-order chi connectivity index (χ0) is 15.0. The summed E-state index contributed by atoms with van der Waals surface area (Å²) >= 11 is 0. The van der Waals surface area contributed by atoms with Crippen LogP contribution in [0, 0.1) is 5.92 Å². The summed E-state index contributed by atoms with van der Waals surface area (Å²) in [4.78, 5) is 0. The summed E-state index contributed by atoms with van der Waals surface area (Å²) in [5.41, 5.74) is 1.51. The number of likely N-dealkylation sites (N-methyl/N-ethyl adjacent to an activating group) is 1. The highest BCUT2D eigenvalue weighted by Gasteiger charge is 2.34. The first-order valence-corrected chi connectivity index (χ1v) is 8.63. The van der Waals surface area contributed by atoms with Crippen molar-refractivity contribution in [1.29, 1.82) is 0 Å². The largest absolute Gasteiger partial charge is 0.374 e. The second kappa shape index (κ2) is 8.55. The third-order valence-electron chi connectivity index (χ3n) is 4.74. The van der Waals surface area contributed by atoms with Crippen LogP contribution in [0.4, 0.5) is 0 Å². The van der Waals surface area contributed by atoms with E-state index in [0.717, 1.165) is 38.5 Å². The maximum Gasteiger partial charge on any atom is 0.0806 e. The van der Waals surface area contributed by atoms with Crippen molar-refractivity contribution in [3.63, 3.8) is 0 Å². The van der Waals surface area contributed by atoms with E-state index >= 15 is 0 Å². The molecule has 0 saturated heterocycles. The molecule has 0 bridgehead atoms. The Balaban J connectivity index is 1.76. The molecule has 0 spiro atoms. The Hall–Kier alpha value is -0.860. The van der Waals surface area contributed by atoms with Crippen LogP contribution in [-0.4, -0.2) is 25.3 Å². The molecule has 118 valence electrons. The minimum Gasteiger partial charge on any atom is -0.374 e. The lowest BCUT2D eigenvalue weighted by Crippen LogP contribution is -2.46. The zero-order valence-electron chi connectivity index (χ0n) is 13.7. The molecule has 2 nitrogen and oxygen atoms in total. The topological polar surface area (TPSA) is 21.3 Å². The summed E-state index contributed by atoms with van der Waals surface area (Å²) < 4.78 is 6.38. The maximum absolute atomic E-state index is 6.38. The van der Waals surface area contributed by atoms with E-state index in [4.69, 9.17) is 4.74 Å². The van der Waals surface area contributed by atoms with E-state index in [1.54, 1.807) is 0 Å². The fourth-order valence-electron chi connectivity index (χ4n) is 3.22. The van der Waals surface area contributed by atoms with Crippen molar-refractivity contribution in [1.82, 2.24) is 5.32 Å². The maximum atomic E-state index is 6.38. The van der Waals surface area contributed by atoms with Gasteiger partial charge in [0.05, 0.1) is 5.60 Å². The number of ether oxygens (including phenoxy) is 1. The molecule has 0 unspecified atom stereocenters. The first-order valence-electron chi connectivity index (χ1n) is 8.63. The van der Waals surface area contributed by atoms with Gasteiger partial charge in [0.25, 0.3) is 0 Å². The van der Waals surface area contributed by atoms with Gasteiger partial charge in [-0.2, -0.15) is 0 Å². The van der Waals surface area contributed by atoms with Crippen molar-refractivity contribution in [3.8, 4) is 0 Å². The fourth-order valence-corrected chi connectivity index (χ4v) is 3.22. The Kier molecular flexibility index (Phi) is 6.72. The Labute approximate surface area is 130 Å². The van der Waals surface area contributed by atoms with Gasteiger partial charge >= 0.3 is 0 Å². The van der Waals surface area contributed by atoms with E-state index in [9.17, 15) is 0 Å². The van der Waals surface area contributed by atoms with Crippen molar-refractivity contribution < 1.29 is 4.74 Å². The highest BCUT2D eigenvalue weighted by atomic mass is 16.5. The zero-order valence-corrected chi connectivity index (χ0v) is 13.7. The highest BCUT2D eigenvalue weighted by Crippen LogP contribution is 2.34. The molecule has 0 radical (unpaired) electrons. The van der Waals surface area contributed by atoms with E-state index < -0.39 is 0 Å². The normalized spacial score (nSPS) is 25.9. The molecule has 0 amide bonds. The van der Waals surface area contributed by atoms with Crippen molar-refractivity contribution in [2.24, 2.45) is 5.92 Å². The highest BCUT2D eigenvalue weighted by molar-refractivity contribution is 5.14. The van der Waals surface area contributed by atoms with Gasteiger partial charge in [-0.25, -0.2) is 0 Å². The van der Waals surface area contributed by atoms with Crippen molar-refractivity contribution in [2.75, 3.05) is 19.7 Å². The Morgan fingerprint density at radius 1 is 1.19 bits per heavy atom. The van der Waals surface area contributed by atoms with Gasteiger partial charge in [-0.15, -0.1) is 0 Å². The van der Waals surface area contributed by atoms with Crippen LogP contribution in [0.3, 0.4) is 0 Å². The van der Waals surface area contributed by atoms with Gasteiger partial charge < -0.3 is 10.1 Å². The van der Waals surface area contributed by atoms with Crippen LogP contribution in [0.2, 0.25) is 0 Å². The van der Waals surface area contributed by atoms with E-state index in [1.165, 1.54) is 31.2 Å². The predicted octanol–water partition coefficient (Wildman–Crippen LogP) is 4.19. The number of hydrogen-bond donors (Lipinski definition) is 1. The van der Waals surface area contributed by atoms with Crippen LogP contribution in [-0.2, 0) is 11.2 Å². The van der Waals surface area contributed by atoms with Gasteiger partial charge in [0.15, 0.2) is 0 Å². The fraction of sp³-hybridized carbons (Fsp3) is 0.684. The Morgan fingerprint density at radius 2 is 1.90 bits per heavy atom. The van der Waals surface area contributed by atoms with Crippen molar-refractivity contribution >= 4 is 0 Å². The van der Waals surface area contributed by atoms with Crippen molar-refractivity contribution in [3.05, 3.63) is 35.9 Å². The summed E-state index contributed by atoms with van der Waals surface area (Å²) in [5.74, 6) is 0.868. The molecule has 2 rings (SSSR count). The summed E-state index contributed by atoms with van der Waals surface area (Å²) in [5, 5.41) is 3.51. The van der Waals surface area contributed by atoms with Gasteiger partial charge in [-0.05, 0) is 56.6 Å². The lowest BCUT2D eigenvalue weighted by Gasteiger charge is -2.39. The van der Waals surface area contributed by atoms with Crippen LogP contribution in [0.1, 0.15) is 51.5 Å². The third kappa shape index (κ3) is 5.44. The smallest absolute Gasteiger partial charge is 0.0806 e. The number of rotatable bonds is 8. The van der Waals surface area contributed by atoms with E-state index in [1.807, 2.05) is 0 Å². The second-order valence-electron chi connectivity index (χ2n) is 6.58. The van der Waals surface area contributed by atoms with Gasteiger partial charge in [-0.1, -0.05) is 44.2 Å². The molecule has 0 heterocycles. The Bertz CT molecular complexity index is 376. The van der Waals surface area contributed by atoms with Crippen LogP contribution >= 0.6 is 0 Å². The van der Waals surface area contributed by atoms with Crippen LogP contribution < -0.4 is 5.32 Å². The first-order chi connectivity index (χ1) is 10.2. The van der Waals surface area contributed by atoms with E-state index in [-0.39, 0.29) is 5.60 Å². The molecule has 0 aliphatic heterocycles. The monoisotopic (exact) mass is 289 g/mol. The molecule has 0 aromatic heterocycles. The molecular weight excluding hydrogens is 258 g/mol. The lowest BCUT2D eigenvalue weighted by atomic mass is 9.79. The summed E-state index contributed by atoms with van der Waals surface area (Å²) in [7, 11) is 0. The second-order valence-corrected chi connectivity index (χ2v) is 6.58. The molecule has 21 heavy (non-hydrogen) atoms. The standard InChI is InChI=1S/C19H31NO/c1-3-20-16-19(13-11-17(2)12-14-19)21-15-7-10-18-8-5-4-6-9-18/h4-6,8-9,17,20H,3,7,10-16H2,1-2H3. The van der Waals surface area contributed by atoms with Gasteiger partial charge in [0.2, 0.25) is 0 Å². The molecule has 2 heteroatoms. The summed E-state index contributed by atoms with van der Waals surface area (Å²) in [6, 6.07) is 10.7. The average molecular weight is 289 g/mol. The molecule has 1 aromatic rings. The summed E-state index contributed by atoms with van der Waals surface area (Å²) in [6.07, 6.45) is 7.29. The molecule has 1 aromatic carbocycles. The lowest BCUT2D eigenvalue weighted by molar-refractivity contribution is -0.0755.